The number of hydrogen-bond acceptors (Lipinski definition) is 5. The third kappa shape index (κ3) is 4.15. The molecule has 0 unspecified atom stereocenters. The van der Waals surface area contributed by atoms with Crippen LogP contribution in [0.2, 0.25) is 5.02 Å². The van der Waals surface area contributed by atoms with E-state index in [1.54, 1.807) is 4.90 Å². The van der Waals surface area contributed by atoms with E-state index in [4.69, 9.17) is 16.3 Å². The van der Waals surface area contributed by atoms with Crippen LogP contribution in [0.3, 0.4) is 0 Å². The van der Waals surface area contributed by atoms with Crippen molar-refractivity contribution in [2.75, 3.05) is 13.2 Å². The molecular weight excluding hydrogens is 378 g/mol. The van der Waals surface area contributed by atoms with Gasteiger partial charge in [-0.05, 0) is 49.1 Å². The summed E-state index contributed by atoms with van der Waals surface area (Å²) < 4.78 is 7.88. The highest BCUT2D eigenvalue weighted by atomic mass is 35.5. The van der Waals surface area contributed by atoms with Crippen molar-refractivity contribution in [2.45, 2.75) is 38.3 Å². The normalized spacial score (nSPS) is 20.1. The monoisotopic (exact) mass is 401 g/mol. The molecule has 0 aliphatic carbocycles. The molecule has 6 nitrogen and oxygen atoms in total. The largest absolute Gasteiger partial charge is 0.476 e. The average Bonchev–Trinajstić information content (AvgIpc) is 3.21. The van der Waals surface area contributed by atoms with E-state index in [0.717, 1.165) is 16.5 Å². The maximum Gasteiger partial charge on any atom is 0.240 e. The lowest BCUT2D eigenvalue weighted by molar-refractivity contribution is -0.0544. The maximum atomic E-state index is 9.88. The van der Waals surface area contributed by atoms with Crippen molar-refractivity contribution in [2.24, 2.45) is 0 Å². The van der Waals surface area contributed by atoms with Gasteiger partial charge in [0.05, 0.1) is 24.1 Å². The minimum Gasteiger partial charge on any atom is -0.476 e. The number of halogens is 1. The zero-order valence-electron chi connectivity index (χ0n) is 15.5. The Balaban J connectivity index is 1.43. The van der Waals surface area contributed by atoms with Crippen LogP contribution >= 0.6 is 11.6 Å². The smallest absolute Gasteiger partial charge is 0.240 e. The quantitative estimate of drug-likeness (QED) is 0.595. The number of hydrogen-bond donors (Lipinski definition) is 2. The summed E-state index contributed by atoms with van der Waals surface area (Å²) in [5, 5.41) is 26.1. The lowest BCUT2D eigenvalue weighted by Crippen LogP contribution is -2.37. The van der Waals surface area contributed by atoms with Gasteiger partial charge >= 0.3 is 0 Å². The first-order valence-corrected chi connectivity index (χ1v) is 9.94. The van der Waals surface area contributed by atoms with E-state index in [-0.39, 0.29) is 0 Å². The second kappa shape index (κ2) is 8.49. The topological polar surface area (TPSA) is 70.8 Å². The van der Waals surface area contributed by atoms with Gasteiger partial charge in [-0.2, -0.15) is 0 Å². The number of aliphatic hydroxyl groups excluding tert-OH is 2. The van der Waals surface area contributed by atoms with Crippen LogP contribution in [0.25, 0.3) is 10.9 Å². The van der Waals surface area contributed by atoms with Crippen molar-refractivity contribution in [1.29, 1.82) is 0 Å². The van der Waals surface area contributed by atoms with E-state index in [2.05, 4.69) is 5.10 Å². The molecule has 2 aromatic carbocycles. The molecule has 7 heteroatoms. The van der Waals surface area contributed by atoms with Gasteiger partial charge in [-0.1, -0.05) is 35.9 Å². The minimum atomic E-state index is -0.561. The number of ether oxygens (including phenoxy) is 1. The van der Waals surface area contributed by atoms with Gasteiger partial charge in [-0.15, -0.1) is 5.10 Å². The van der Waals surface area contributed by atoms with E-state index in [1.807, 2.05) is 53.2 Å². The molecule has 0 saturated carbocycles. The molecule has 0 amide bonds. The number of likely N-dealkylation sites (tertiary alicyclic amines) is 1. The van der Waals surface area contributed by atoms with Gasteiger partial charge in [0.25, 0.3) is 0 Å². The van der Waals surface area contributed by atoms with Crippen LogP contribution in [-0.4, -0.2) is 50.5 Å². The van der Waals surface area contributed by atoms with Crippen LogP contribution in [0.4, 0.5) is 0 Å². The molecule has 2 heterocycles. The SMILES string of the molecule is O[C@H]1CC[C@H](O)N1CCCOc1nn(Cc2ccc(Cl)cc2)c2ccccc12. The molecular formula is C21H24ClN3O3. The third-order valence-electron chi connectivity index (χ3n) is 5.12. The highest BCUT2D eigenvalue weighted by Gasteiger charge is 2.29. The van der Waals surface area contributed by atoms with Crippen molar-refractivity contribution in [3.8, 4) is 5.88 Å². The van der Waals surface area contributed by atoms with Gasteiger partial charge in [-0.3, -0.25) is 9.58 Å². The molecule has 1 aliphatic rings. The first-order chi connectivity index (χ1) is 13.6. The lowest BCUT2D eigenvalue weighted by Gasteiger charge is -2.23. The molecule has 1 fully saturated rings. The summed E-state index contributed by atoms with van der Waals surface area (Å²) in [6.45, 7) is 1.69. The fourth-order valence-electron chi connectivity index (χ4n) is 3.63. The summed E-state index contributed by atoms with van der Waals surface area (Å²) in [5.41, 5.74) is 2.12. The number of nitrogens with zero attached hydrogens (tertiary/aromatic N) is 3. The average molecular weight is 402 g/mol. The first-order valence-electron chi connectivity index (χ1n) is 9.56. The van der Waals surface area contributed by atoms with Crippen molar-refractivity contribution in [1.82, 2.24) is 14.7 Å². The zero-order chi connectivity index (χ0) is 19.5. The summed E-state index contributed by atoms with van der Waals surface area (Å²) >= 11 is 5.97. The second-order valence-corrected chi connectivity index (χ2v) is 7.52. The van der Waals surface area contributed by atoms with Crippen LogP contribution in [0.5, 0.6) is 5.88 Å². The molecule has 2 atom stereocenters. The Morgan fingerprint density at radius 3 is 2.50 bits per heavy atom. The van der Waals surface area contributed by atoms with E-state index in [1.165, 1.54) is 0 Å². The van der Waals surface area contributed by atoms with Crippen LogP contribution in [0, 0.1) is 0 Å². The van der Waals surface area contributed by atoms with Gasteiger partial charge in [0.2, 0.25) is 5.88 Å². The molecule has 0 spiro atoms. The number of benzene rings is 2. The van der Waals surface area contributed by atoms with Crippen LogP contribution < -0.4 is 4.74 Å². The molecule has 0 radical (unpaired) electrons. The van der Waals surface area contributed by atoms with Crippen molar-refractivity contribution < 1.29 is 14.9 Å². The molecule has 0 bridgehead atoms. The number of para-hydroxylation sites is 1. The highest BCUT2D eigenvalue weighted by molar-refractivity contribution is 6.30. The zero-order valence-corrected chi connectivity index (χ0v) is 16.3. The molecule has 2 N–H and O–H groups in total. The third-order valence-corrected chi connectivity index (χ3v) is 5.37. The molecule has 1 aliphatic heterocycles. The number of aromatic nitrogens is 2. The van der Waals surface area contributed by atoms with Crippen molar-refractivity contribution in [3.63, 3.8) is 0 Å². The van der Waals surface area contributed by atoms with Crippen LogP contribution in [0.1, 0.15) is 24.8 Å². The molecule has 1 aromatic heterocycles. The Kier molecular flexibility index (Phi) is 5.82. The Hall–Kier alpha value is -2.12. The molecule has 4 rings (SSSR count). The van der Waals surface area contributed by atoms with Gasteiger partial charge < -0.3 is 14.9 Å². The number of rotatable bonds is 7. The minimum absolute atomic E-state index is 0.470. The van der Waals surface area contributed by atoms with Crippen LogP contribution in [0.15, 0.2) is 48.5 Å². The fraction of sp³-hybridized carbons (Fsp3) is 0.381. The maximum absolute atomic E-state index is 9.88. The van der Waals surface area contributed by atoms with E-state index in [9.17, 15) is 10.2 Å². The van der Waals surface area contributed by atoms with Crippen molar-refractivity contribution in [3.05, 3.63) is 59.1 Å². The summed E-state index contributed by atoms with van der Waals surface area (Å²) in [5.74, 6) is 0.604. The molecule has 148 valence electrons. The predicted octanol–water partition coefficient (Wildman–Crippen LogP) is 3.24. The number of fused-ring (bicyclic) bond motifs is 1. The van der Waals surface area contributed by atoms with Crippen LogP contribution in [-0.2, 0) is 6.54 Å². The Labute approximate surface area is 168 Å². The fourth-order valence-corrected chi connectivity index (χ4v) is 3.76. The van der Waals surface area contributed by atoms with Gasteiger partial charge in [-0.25, -0.2) is 0 Å². The predicted molar refractivity (Wildman–Crippen MR) is 108 cm³/mol. The lowest BCUT2D eigenvalue weighted by atomic mass is 10.2. The van der Waals surface area contributed by atoms with Gasteiger partial charge in [0, 0.05) is 11.6 Å². The first kappa shape index (κ1) is 19.2. The molecule has 28 heavy (non-hydrogen) atoms. The molecule has 1 saturated heterocycles. The Morgan fingerprint density at radius 2 is 1.75 bits per heavy atom. The van der Waals surface area contributed by atoms with Gasteiger partial charge in [0.15, 0.2) is 0 Å². The Bertz CT molecular complexity index is 918. The molecule has 3 aromatic rings. The van der Waals surface area contributed by atoms with Crippen molar-refractivity contribution >= 4 is 22.5 Å². The summed E-state index contributed by atoms with van der Waals surface area (Å²) in [7, 11) is 0. The van der Waals surface area contributed by atoms with Gasteiger partial charge in [0.1, 0.15) is 12.5 Å². The van der Waals surface area contributed by atoms with E-state index >= 15 is 0 Å². The van der Waals surface area contributed by atoms with E-state index in [0.29, 0.717) is 49.9 Å². The summed E-state index contributed by atoms with van der Waals surface area (Å²) in [4.78, 5) is 1.71. The highest BCUT2D eigenvalue weighted by Crippen LogP contribution is 2.26. The van der Waals surface area contributed by atoms with E-state index < -0.39 is 12.5 Å². The number of aliphatic hydroxyl groups is 2. The summed E-state index contributed by atoms with van der Waals surface area (Å²) in [6, 6.07) is 15.7. The Morgan fingerprint density at radius 1 is 1.04 bits per heavy atom. The second-order valence-electron chi connectivity index (χ2n) is 7.08. The standard InChI is InChI=1S/C21H24ClN3O3/c22-16-8-6-15(7-9-16)14-25-18-5-2-1-4-17(18)21(23-25)28-13-3-12-24-19(26)10-11-20(24)27/h1-2,4-9,19-20,26-27H,3,10-14H2/t19-,20-/m0/s1. The summed E-state index contributed by atoms with van der Waals surface area (Å²) in [6.07, 6.45) is 0.805.